The smallest absolute Gasteiger partial charge is 0.0589 e. The van der Waals surface area contributed by atoms with Gasteiger partial charge >= 0.3 is 0 Å². The van der Waals surface area contributed by atoms with E-state index in [1.807, 2.05) is 18.3 Å². The zero-order chi connectivity index (χ0) is 12.8. The first-order chi connectivity index (χ1) is 8.79. The number of pyridine rings is 1. The summed E-state index contributed by atoms with van der Waals surface area (Å²) in [5.74, 6) is 0. The lowest BCUT2D eigenvalue weighted by Gasteiger charge is -2.32. The van der Waals surface area contributed by atoms with Crippen molar-refractivity contribution in [2.24, 2.45) is 0 Å². The van der Waals surface area contributed by atoms with E-state index >= 15 is 0 Å². The molecule has 0 radical (unpaired) electrons. The highest BCUT2D eigenvalue weighted by molar-refractivity contribution is 5.08. The van der Waals surface area contributed by atoms with Crippen molar-refractivity contribution in [3.05, 3.63) is 30.1 Å². The Labute approximate surface area is 110 Å². The molecule has 1 fully saturated rings. The predicted molar refractivity (Wildman–Crippen MR) is 73.5 cm³/mol. The summed E-state index contributed by atoms with van der Waals surface area (Å²) in [6.45, 7) is 5.29. The van der Waals surface area contributed by atoms with Gasteiger partial charge in [-0.3, -0.25) is 4.98 Å². The van der Waals surface area contributed by atoms with Crippen molar-refractivity contribution < 1.29 is 4.74 Å². The lowest BCUT2D eigenvalue weighted by Crippen LogP contribution is -2.40. The van der Waals surface area contributed by atoms with Crippen molar-refractivity contribution in [1.29, 1.82) is 0 Å². The van der Waals surface area contributed by atoms with Crippen molar-refractivity contribution in [2.45, 2.75) is 57.7 Å². The van der Waals surface area contributed by atoms with Crippen molar-refractivity contribution in [1.82, 2.24) is 10.3 Å². The number of rotatable bonds is 5. The van der Waals surface area contributed by atoms with Crippen LogP contribution in [-0.4, -0.2) is 23.7 Å². The minimum atomic E-state index is 0.316. The molecular formula is C15H24N2O. The Balaban J connectivity index is 1.85. The number of nitrogens with one attached hydrogen (secondary N) is 1. The van der Waals surface area contributed by atoms with Crippen LogP contribution in [0.3, 0.4) is 0 Å². The fourth-order valence-corrected chi connectivity index (χ4v) is 2.63. The highest BCUT2D eigenvalue weighted by Crippen LogP contribution is 2.20. The molecule has 0 saturated carbocycles. The second-order valence-electron chi connectivity index (χ2n) is 5.15. The highest BCUT2D eigenvalue weighted by atomic mass is 16.5. The van der Waals surface area contributed by atoms with E-state index in [-0.39, 0.29) is 0 Å². The van der Waals surface area contributed by atoms with Gasteiger partial charge in [-0.05, 0) is 38.3 Å². The fraction of sp³-hybridized carbons (Fsp3) is 0.667. The molecule has 3 unspecified atom stereocenters. The van der Waals surface area contributed by atoms with Crippen LogP contribution in [0.1, 0.15) is 51.3 Å². The Hall–Kier alpha value is -0.930. The SMILES string of the molecule is CCCC1CC(NC(C)c2ccccn2)CCO1. The zero-order valence-corrected chi connectivity index (χ0v) is 11.4. The topological polar surface area (TPSA) is 34.2 Å². The average molecular weight is 248 g/mol. The summed E-state index contributed by atoms with van der Waals surface area (Å²) in [5, 5.41) is 3.68. The van der Waals surface area contributed by atoms with Crippen LogP contribution in [-0.2, 0) is 4.74 Å². The van der Waals surface area contributed by atoms with Gasteiger partial charge in [-0.25, -0.2) is 0 Å². The summed E-state index contributed by atoms with van der Waals surface area (Å²) in [4.78, 5) is 4.41. The molecule has 0 bridgehead atoms. The highest BCUT2D eigenvalue weighted by Gasteiger charge is 2.23. The monoisotopic (exact) mass is 248 g/mol. The second-order valence-corrected chi connectivity index (χ2v) is 5.15. The molecule has 1 aliphatic rings. The lowest BCUT2D eigenvalue weighted by atomic mass is 9.99. The zero-order valence-electron chi connectivity index (χ0n) is 11.4. The molecule has 3 nitrogen and oxygen atoms in total. The third-order valence-electron chi connectivity index (χ3n) is 3.60. The van der Waals surface area contributed by atoms with E-state index < -0.39 is 0 Å². The van der Waals surface area contributed by atoms with Gasteiger partial charge < -0.3 is 10.1 Å². The quantitative estimate of drug-likeness (QED) is 0.869. The van der Waals surface area contributed by atoms with Crippen LogP contribution in [0.5, 0.6) is 0 Å². The summed E-state index contributed by atoms with van der Waals surface area (Å²) < 4.78 is 5.78. The maximum atomic E-state index is 5.78. The second kappa shape index (κ2) is 6.86. The summed E-state index contributed by atoms with van der Waals surface area (Å²) >= 11 is 0. The van der Waals surface area contributed by atoms with Gasteiger partial charge in [0.1, 0.15) is 0 Å². The van der Waals surface area contributed by atoms with Crippen molar-refractivity contribution in [3.8, 4) is 0 Å². The first-order valence-electron chi connectivity index (χ1n) is 7.08. The van der Waals surface area contributed by atoms with Gasteiger partial charge in [-0.15, -0.1) is 0 Å². The van der Waals surface area contributed by atoms with E-state index in [1.165, 1.54) is 12.8 Å². The number of nitrogens with zero attached hydrogens (tertiary/aromatic N) is 1. The molecule has 100 valence electrons. The molecule has 2 heterocycles. The first-order valence-corrected chi connectivity index (χ1v) is 7.08. The fourth-order valence-electron chi connectivity index (χ4n) is 2.63. The van der Waals surface area contributed by atoms with Crippen LogP contribution in [0.2, 0.25) is 0 Å². The molecule has 1 aromatic rings. The summed E-state index contributed by atoms with van der Waals surface area (Å²) in [6, 6.07) is 6.97. The molecular weight excluding hydrogens is 224 g/mol. The first kappa shape index (κ1) is 13.5. The van der Waals surface area contributed by atoms with Crippen LogP contribution in [0.4, 0.5) is 0 Å². The Kier molecular flexibility index (Phi) is 5.14. The third kappa shape index (κ3) is 3.79. The molecule has 1 N–H and O–H groups in total. The molecule has 3 atom stereocenters. The molecule has 3 heteroatoms. The average Bonchev–Trinajstić information content (AvgIpc) is 2.40. The van der Waals surface area contributed by atoms with E-state index in [0.29, 0.717) is 18.2 Å². The van der Waals surface area contributed by atoms with Gasteiger partial charge in [0.05, 0.1) is 11.8 Å². The molecule has 2 rings (SSSR count). The third-order valence-corrected chi connectivity index (χ3v) is 3.60. The van der Waals surface area contributed by atoms with Crippen LogP contribution in [0.15, 0.2) is 24.4 Å². The van der Waals surface area contributed by atoms with Crippen molar-refractivity contribution in [2.75, 3.05) is 6.61 Å². The van der Waals surface area contributed by atoms with E-state index in [2.05, 4.69) is 30.2 Å². The van der Waals surface area contributed by atoms with Crippen LogP contribution >= 0.6 is 0 Å². The Bertz CT molecular complexity index is 340. The van der Waals surface area contributed by atoms with E-state index in [9.17, 15) is 0 Å². The summed E-state index contributed by atoms with van der Waals surface area (Å²) in [7, 11) is 0. The normalized spacial score (nSPS) is 25.9. The minimum absolute atomic E-state index is 0.316. The maximum Gasteiger partial charge on any atom is 0.0589 e. The molecule has 0 amide bonds. The minimum Gasteiger partial charge on any atom is -0.378 e. The van der Waals surface area contributed by atoms with Crippen LogP contribution in [0.25, 0.3) is 0 Å². The number of hydrogen-bond donors (Lipinski definition) is 1. The van der Waals surface area contributed by atoms with Crippen molar-refractivity contribution in [3.63, 3.8) is 0 Å². The molecule has 1 aromatic heterocycles. The standard InChI is InChI=1S/C15H24N2O/c1-3-6-14-11-13(8-10-18-14)17-12(2)15-7-4-5-9-16-15/h4-5,7,9,12-14,17H,3,6,8,10-11H2,1-2H3. The number of aromatic nitrogens is 1. The molecule has 0 aromatic carbocycles. The molecule has 1 saturated heterocycles. The predicted octanol–water partition coefficient (Wildman–Crippen LogP) is 3.08. The van der Waals surface area contributed by atoms with E-state index in [1.54, 1.807) is 0 Å². The molecule has 0 aliphatic carbocycles. The summed E-state index contributed by atoms with van der Waals surface area (Å²) in [6.07, 6.45) is 6.92. The van der Waals surface area contributed by atoms with Gasteiger partial charge in [0, 0.05) is 24.9 Å². The molecule has 18 heavy (non-hydrogen) atoms. The van der Waals surface area contributed by atoms with Gasteiger partial charge in [0.15, 0.2) is 0 Å². The van der Waals surface area contributed by atoms with Gasteiger partial charge in [0.2, 0.25) is 0 Å². The van der Waals surface area contributed by atoms with E-state index in [0.717, 1.165) is 25.1 Å². The lowest BCUT2D eigenvalue weighted by molar-refractivity contribution is -0.00480. The molecule has 1 aliphatic heterocycles. The summed E-state index contributed by atoms with van der Waals surface area (Å²) in [5.41, 5.74) is 1.12. The number of hydrogen-bond acceptors (Lipinski definition) is 3. The van der Waals surface area contributed by atoms with Crippen molar-refractivity contribution >= 4 is 0 Å². The molecule has 0 spiro atoms. The Morgan fingerprint density at radius 1 is 1.50 bits per heavy atom. The van der Waals surface area contributed by atoms with Crippen LogP contribution in [0, 0.1) is 0 Å². The van der Waals surface area contributed by atoms with E-state index in [4.69, 9.17) is 4.74 Å². The van der Waals surface area contributed by atoms with Gasteiger partial charge in [0.25, 0.3) is 0 Å². The largest absolute Gasteiger partial charge is 0.378 e. The Morgan fingerprint density at radius 3 is 3.11 bits per heavy atom. The van der Waals surface area contributed by atoms with Gasteiger partial charge in [-0.1, -0.05) is 19.4 Å². The number of ether oxygens (including phenoxy) is 1. The maximum absolute atomic E-state index is 5.78. The van der Waals surface area contributed by atoms with Crippen LogP contribution < -0.4 is 5.32 Å². The van der Waals surface area contributed by atoms with Gasteiger partial charge in [-0.2, -0.15) is 0 Å². The Morgan fingerprint density at radius 2 is 2.39 bits per heavy atom.